The van der Waals surface area contributed by atoms with Gasteiger partial charge >= 0.3 is 5.97 Å². The van der Waals surface area contributed by atoms with E-state index < -0.39 is 11.6 Å². The van der Waals surface area contributed by atoms with Gasteiger partial charge in [0.15, 0.2) is 5.75 Å². The van der Waals surface area contributed by atoms with E-state index in [2.05, 4.69) is 10.2 Å². The molecule has 112 valence electrons. The third kappa shape index (κ3) is 3.29. The highest BCUT2D eigenvalue weighted by Crippen LogP contribution is 2.31. The first-order valence-corrected chi connectivity index (χ1v) is 7.10. The van der Waals surface area contributed by atoms with Crippen molar-refractivity contribution in [1.82, 2.24) is 10.2 Å². The van der Waals surface area contributed by atoms with Gasteiger partial charge in [0.25, 0.3) is 0 Å². The Morgan fingerprint density at radius 1 is 1.19 bits per heavy atom. The number of aromatic nitrogens is 2. The van der Waals surface area contributed by atoms with E-state index in [0.717, 1.165) is 11.8 Å². The van der Waals surface area contributed by atoms with Crippen molar-refractivity contribution in [3.8, 4) is 5.75 Å². The lowest BCUT2D eigenvalue weighted by Gasteiger charge is -2.26. The van der Waals surface area contributed by atoms with Crippen molar-refractivity contribution >= 4 is 16.9 Å². The van der Waals surface area contributed by atoms with Gasteiger partial charge < -0.3 is 9.47 Å². The van der Waals surface area contributed by atoms with Crippen LogP contribution in [0.1, 0.15) is 44.6 Å². The molecule has 5 heteroatoms. The number of benzene rings is 1. The summed E-state index contributed by atoms with van der Waals surface area (Å²) in [4.78, 5) is 12.1. The lowest BCUT2D eigenvalue weighted by atomic mass is 10.1. The molecule has 0 atom stereocenters. The van der Waals surface area contributed by atoms with Gasteiger partial charge in [-0.2, -0.15) is 0 Å². The van der Waals surface area contributed by atoms with Crippen molar-refractivity contribution in [3.63, 3.8) is 0 Å². The van der Waals surface area contributed by atoms with Crippen LogP contribution < -0.4 is 4.74 Å². The molecule has 0 aliphatic carbocycles. The fraction of sp³-hybridized carbons (Fsp3) is 0.438. The molecule has 1 aromatic carbocycles. The molecule has 1 heterocycles. The van der Waals surface area contributed by atoms with Crippen molar-refractivity contribution in [2.75, 3.05) is 6.61 Å². The summed E-state index contributed by atoms with van der Waals surface area (Å²) in [5.41, 5.74) is 0.400. The molecule has 2 aromatic rings. The number of hydrogen-bond donors (Lipinski definition) is 0. The van der Waals surface area contributed by atoms with Crippen molar-refractivity contribution in [3.05, 3.63) is 30.0 Å². The van der Waals surface area contributed by atoms with Crippen LogP contribution in [0, 0.1) is 0 Å². The van der Waals surface area contributed by atoms with Gasteiger partial charge in [-0.1, -0.05) is 19.1 Å². The molecule has 0 radical (unpaired) electrons. The Bertz CT molecular complexity index is 653. The van der Waals surface area contributed by atoms with E-state index in [1.165, 1.54) is 0 Å². The smallest absolute Gasteiger partial charge is 0.362 e. The zero-order valence-corrected chi connectivity index (χ0v) is 12.8. The number of carbonyl (C=O) groups excluding carboxylic acids is 1. The van der Waals surface area contributed by atoms with E-state index in [1.807, 2.05) is 45.0 Å². The third-order valence-corrected chi connectivity index (χ3v) is 3.32. The summed E-state index contributed by atoms with van der Waals surface area (Å²) in [7, 11) is 0. The van der Waals surface area contributed by atoms with Crippen LogP contribution in [0.2, 0.25) is 0 Å². The second kappa shape index (κ2) is 6.08. The van der Waals surface area contributed by atoms with Crippen LogP contribution in [0.25, 0.3) is 10.9 Å². The molecule has 5 nitrogen and oxygen atoms in total. The van der Waals surface area contributed by atoms with Crippen LogP contribution in [0.3, 0.4) is 0 Å². The molecule has 0 bridgehead atoms. The van der Waals surface area contributed by atoms with Crippen molar-refractivity contribution < 1.29 is 14.3 Å². The van der Waals surface area contributed by atoms with Crippen LogP contribution in [0.5, 0.6) is 5.75 Å². The molecule has 0 aliphatic heterocycles. The van der Waals surface area contributed by atoms with E-state index in [9.17, 15) is 4.79 Å². The molecular formula is C16H20N2O3. The molecule has 1 aromatic heterocycles. The minimum Gasteiger partial charge on any atom is -0.485 e. The van der Waals surface area contributed by atoms with Gasteiger partial charge in [-0.15, -0.1) is 10.2 Å². The topological polar surface area (TPSA) is 61.3 Å². The average Bonchev–Trinajstić information content (AvgIpc) is 2.47. The van der Waals surface area contributed by atoms with Gasteiger partial charge in [-0.25, -0.2) is 4.79 Å². The quantitative estimate of drug-likeness (QED) is 0.789. The molecular weight excluding hydrogens is 268 g/mol. The average molecular weight is 288 g/mol. The van der Waals surface area contributed by atoms with E-state index >= 15 is 0 Å². The lowest BCUT2D eigenvalue weighted by Crippen LogP contribution is -2.28. The first-order chi connectivity index (χ1) is 9.98. The summed E-state index contributed by atoms with van der Waals surface area (Å²) < 4.78 is 11.1. The minimum absolute atomic E-state index is 0.122. The summed E-state index contributed by atoms with van der Waals surface area (Å²) in [6.07, 6.45) is 0.798. The highest BCUT2D eigenvalue weighted by Gasteiger charge is 2.25. The normalized spacial score (nSPS) is 11.4. The number of ether oxygens (including phenoxy) is 2. The first kappa shape index (κ1) is 15.2. The second-order valence-electron chi connectivity index (χ2n) is 5.33. The van der Waals surface area contributed by atoms with Crippen molar-refractivity contribution in [2.45, 2.75) is 39.7 Å². The standard InChI is InChI=1S/C16H20N2O3/c1-5-16(3,4)21-14-11-9-7-8-10-12(11)17-18-13(14)15(19)20-6-2/h7-10H,5-6H2,1-4H3. The number of esters is 1. The fourth-order valence-corrected chi connectivity index (χ4v) is 1.81. The molecule has 0 saturated carbocycles. The van der Waals surface area contributed by atoms with Crippen molar-refractivity contribution in [1.29, 1.82) is 0 Å². The fourth-order valence-electron chi connectivity index (χ4n) is 1.81. The highest BCUT2D eigenvalue weighted by atomic mass is 16.5. The molecule has 0 saturated heterocycles. The molecule has 0 spiro atoms. The Labute approximate surface area is 124 Å². The molecule has 2 rings (SSSR count). The maximum absolute atomic E-state index is 12.1. The Kier molecular flexibility index (Phi) is 4.40. The van der Waals surface area contributed by atoms with Gasteiger partial charge in [-0.3, -0.25) is 0 Å². The molecule has 0 fully saturated rings. The maximum atomic E-state index is 12.1. The van der Waals surface area contributed by atoms with E-state index in [0.29, 0.717) is 11.3 Å². The van der Waals surface area contributed by atoms with Crippen LogP contribution in [0.15, 0.2) is 24.3 Å². The first-order valence-electron chi connectivity index (χ1n) is 7.10. The largest absolute Gasteiger partial charge is 0.485 e. The van der Waals surface area contributed by atoms with E-state index in [4.69, 9.17) is 9.47 Å². The third-order valence-electron chi connectivity index (χ3n) is 3.32. The SMILES string of the molecule is CCOC(=O)c1nnc2ccccc2c1OC(C)(C)CC. The molecule has 0 amide bonds. The molecule has 21 heavy (non-hydrogen) atoms. The summed E-state index contributed by atoms with van der Waals surface area (Å²) in [6.45, 7) is 8.00. The Morgan fingerprint density at radius 3 is 2.57 bits per heavy atom. The molecule has 0 unspecified atom stereocenters. The summed E-state index contributed by atoms with van der Waals surface area (Å²) >= 11 is 0. The Morgan fingerprint density at radius 2 is 1.90 bits per heavy atom. The van der Waals surface area contributed by atoms with Gasteiger partial charge in [0.1, 0.15) is 5.60 Å². The number of carbonyl (C=O) groups is 1. The Balaban J connectivity index is 2.60. The monoisotopic (exact) mass is 288 g/mol. The van der Waals surface area contributed by atoms with E-state index in [1.54, 1.807) is 6.92 Å². The summed E-state index contributed by atoms with van der Waals surface area (Å²) in [5.74, 6) is -0.0800. The van der Waals surface area contributed by atoms with Crippen molar-refractivity contribution in [2.24, 2.45) is 0 Å². The molecule has 0 aliphatic rings. The zero-order valence-electron chi connectivity index (χ0n) is 12.8. The predicted molar refractivity (Wildman–Crippen MR) is 80.5 cm³/mol. The highest BCUT2D eigenvalue weighted by molar-refractivity contribution is 5.97. The number of hydrogen-bond acceptors (Lipinski definition) is 5. The number of rotatable bonds is 5. The second-order valence-corrected chi connectivity index (χ2v) is 5.33. The minimum atomic E-state index is -0.516. The summed E-state index contributed by atoms with van der Waals surface area (Å²) in [5, 5.41) is 8.83. The lowest BCUT2D eigenvalue weighted by molar-refractivity contribution is 0.0498. The number of nitrogens with zero attached hydrogens (tertiary/aromatic N) is 2. The summed E-state index contributed by atoms with van der Waals surface area (Å²) in [6, 6.07) is 7.46. The van der Waals surface area contributed by atoms with Crippen LogP contribution >= 0.6 is 0 Å². The van der Waals surface area contributed by atoms with Gasteiger partial charge in [0.05, 0.1) is 12.1 Å². The van der Waals surface area contributed by atoms with E-state index in [-0.39, 0.29) is 12.3 Å². The molecule has 0 N–H and O–H groups in total. The predicted octanol–water partition coefficient (Wildman–Crippen LogP) is 3.37. The van der Waals surface area contributed by atoms with Crippen LogP contribution in [-0.4, -0.2) is 28.4 Å². The maximum Gasteiger partial charge on any atom is 0.362 e. The van der Waals surface area contributed by atoms with Crippen LogP contribution in [0.4, 0.5) is 0 Å². The van der Waals surface area contributed by atoms with Gasteiger partial charge in [0, 0.05) is 5.39 Å². The van der Waals surface area contributed by atoms with Crippen LogP contribution in [-0.2, 0) is 4.74 Å². The Hall–Kier alpha value is -2.17. The zero-order chi connectivity index (χ0) is 15.5. The van der Waals surface area contributed by atoms with Gasteiger partial charge in [0.2, 0.25) is 5.69 Å². The number of fused-ring (bicyclic) bond motifs is 1. The van der Waals surface area contributed by atoms with Gasteiger partial charge in [-0.05, 0) is 39.3 Å².